The zero-order valence-corrected chi connectivity index (χ0v) is 18.0. The largest absolute Gasteiger partial charge is 0.383 e. The summed E-state index contributed by atoms with van der Waals surface area (Å²) < 4.78 is 11.0. The number of benzene rings is 1. The van der Waals surface area contributed by atoms with E-state index in [0.29, 0.717) is 49.6 Å². The van der Waals surface area contributed by atoms with Crippen LogP contribution in [0, 0.1) is 0 Å². The number of nitrogens with zero attached hydrogens (tertiary/aromatic N) is 3. The molecule has 1 aliphatic heterocycles. The molecule has 0 spiro atoms. The van der Waals surface area contributed by atoms with Gasteiger partial charge in [-0.15, -0.1) is 0 Å². The number of nitrogens with one attached hydrogen (secondary N) is 1. The zero-order chi connectivity index (χ0) is 22.3. The molecule has 3 heterocycles. The molecule has 2 aromatic heterocycles. The fraction of sp³-hybridized carbons (Fsp3) is 0.333. The number of carbonyl (C=O) groups is 2. The summed E-state index contributed by atoms with van der Waals surface area (Å²) in [6.07, 6.45) is 1.51. The lowest BCUT2D eigenvalue weighted by molar-refractivity contribution is -0.138. The summed E-state index contributed by atoms with van der Waals surface area (Å²) in [5.74, 6) is -0.198. The highest BCUT2D eigenvalue weighted by atomic mass is 16.5. The van der Waals surface area contributed by atoms with E-state index < -0.39 is 6.10 Å². The topological polar surface area (TPSA) is 93.7 Å². The molecule has 0 aliphatic carbocycles. The van der Waals surface area contributed by atoms with Crippen LogP contribution in [0.4, 0.5) is 0 Å². The van der Waals surface area contributed by atoms with Crippen LogP contribution in [0.5, 0.6) is 0 Å². The molecule has 2 amide bonds. The van der Waals surface area contributed by atoms with Crippen LogP contribution in [0.2, 0.25) is 0 Å². The Balaban J connectivity index is 1.55. The van der Waals surface area contributed by atoms with E-state index in [2.05, 4.69) is 10.3 Å². The summed E-state index contributed by atoms with van der Waals surface area (Å²) >= 11 is 0. The maximum Gasteiger partial charge on any atom is 0.252 e. The number of pyridine rings is 2. The van der Waals surface area contributed by atoms with Crippen LogP contribution >= 0.6 is 0 Å². The van der Waals surface area contributed by atoms with Crippen LogP contribution in [0.15, 0.2) is 54.7 Å². The molecule has 0 radical (unpaired) electrons. The van der Waals surface area contributed by atoms with Gasteiger partial charge in [-0.05, 0) is 24.3 Å². The zero-order valence-electron chi connectivity index (χ0n) is 18.0. The van der Waals surface area contributed by atoms with Gasteiger partial charge >= 0.3 is 0 Å². The summed E-state index contributed by atoms with van der Waals surface area (Å²) in [5, 5.41) is 3.64. The number of ether oxygens (including phenoxy) is 2. The van der Waals surface area contributed by atoms with E-state index in [1.165, 1.54) is 0 Å². The van der Waals surface area contributed by atoms with Crippen molar-refractivity contribution in [3.8, 4) is 0 Å². The van der Waals surface area contributed by atoms with E-state index in [4.69, 9.17) is 14.5 Å². The molecule has 1 N–H and O–H groups in total. The Labute approximate surface area is 186 Å². The molecule has 3 aromatic rings. The van der Waals surface area contributed by atoms with Crippen molar-refractivity contribution < 1.29 is 19.1 Å². The number of hydrogen-bond acceptors (Lipinski definition) is 6. The standard InChI is InChI=1S/C24H26N4O4/c1-31-12-10-26-24(30)19-15-21(27-20-8-3-2-7-18(19)20)22-16-28(11-13-32-22)23(29)14-17-6-4-5-9-25-17/h2-9,15,22H,10-14,16H2,1H3,(H,26,30). The molecule has 1 unspecified atom stereocenters. The Morgan fingerprint density at radius 1 is 1.22 bits per heavy atom. The predicted molar refractivity (Wildman–Crippen MR) is 119 cm³/mol. The third-order valence-electron chi connectivity index (χ3n) is 5.38. The Hall–Kier alpha value is -3.36. The highest BCUT2D eigenvalue weighted by molar-refractivity contribution is 6.06. The monoisotopic (exact) mass is 434 g/mol. The van der Waals surface area contributed by atoms with Crippen LogP contribution in [0.25, 0.3) is 10.9 Å². The van der Waals surface area contributed by atoms with E-state index in [1.54, 1.807) is 24.3 Å². The molecule has 1 fully saturated rings. The summed E-state index contributed by atoms with van der Waals surface area (Å²) in [5.41, 5.74) is 2.61. The van der Waals surface area contributed by atoms with Gasteiger partial charge in [-0.3, -0.25) is 14.6 Å². The van der Waals surface area contributed by atoms with Gasteiger partial charge in [0.1, 0.15) is 6.10 Å². The van der Waals surface area contributed by atoms with Crippen LogP contribution in [-0.4, -0.2) is 66.6 Å². The van der Waals surface area contributed by atoms with Crippen LogP contribution in [-0.2, 0) is 20.7 Å². The van der Waals surface area contributed by atoms with Crippen LogP contribution in [0.3, 0.4) is 0 Å². The first-order chi connectivity index (χ1) is 15.7. The van der Waals surface area contributed by atoms with Gasteiger partial charge in [0, 0.05) is 37.5 Å². The minimum Gasteiger partial charge on any atom is -0.383 e. The minimum absolute atomic E-state index is 0.00433. The number of carbonyl (C=O) groups excluding carboxylic acids is 2. The second kappa shape index (κ2) is 10.3. The van der Waals surface area contributed by atoms with E-state index >= 15 is 0 Å². The van der Waals surface area contributed by atoms with Crippen molar-refractivity contribution in [2.45, 2.75) is 12.5 Å². The molecule has 0 saturated carbocycles. The smallest absolute Gasteiger partial charge is 0.252 e. The molecule has 166 valence electrons. The molecule has 8 heteroatoms. The van der Waals surface area contributed by atoms with Crippen molar-refractivity contribution in [3.63, 3.8) is 0 Å². The third kappa shape index (κ3) is 5.09. The molecule has 1 aliphatic rings. The van der Waals surface area contributed by atoms with Crippen molar-refractivity contribution in [3.05, 3.63) is 71.7 Å². The average molecular weight is 434 g/mol. The van der Waals surface area contributed by atoms with Gasteiger partial charge in [0.2, 0.25) is 5.91 Å². The lowest BCUT2D eigenvalue weighted by atomic mass is 10.0. The highest BCUT2D eigenvalue weighted by Gasteiger charge is 2.28. The van der Waals surface area contributed by atoms with Gasteiger partial charge in [-0.1, -0.05) is 24.3 Å². The van der Waals surface area contributed by atoms with Crippen molar-refractivity contribution in [2.24, 2.45) is 0 Å². The Kier molecular flexibility index (Phi) is 7.03. The number of hydrogen-bond donors (Lipinski definition) is 1. The van der Waals surface area contributed by atoms with E-state index in [0.717, 1.165) is 11.1 Å². The van der Waals surface area contributed by atoms with Crippen molar-refractivity contribution >= 4 is 22.7 Å². The first kappa shape index (κ1) is 21.9. The molecule has 0 bridgehead atoms. The van der Waals surface area contributed by atoms with E-state index in [9.17, 15) is 9.59 Å². The van der Waals surface area contributed by atoms with Crippen molar-refractivity contribution in [1.82, 2.24) is 20.2 Å². The minimum atomic E-state index is -0.411. The molecule has 1 saturated heterocycles. The Bertz CT molecular complexity index is 1090. The van der Waals surface area contributed by atoms with Crippen molar-refractivity contribution in [2.75, 3.05) is 40.0 Å². The van der Waals surface area contributed by atoms with E-state index in [1.807, 2.05) is 42.5 Å². The number of morpholine rings is 1. The number of rotatable bonds is 7. The molecular weight excluding hydrogens is 408 g/mol. The fourth-order valence-corrected chi connectivity index (χ4v) is 3.73. The maximum absolute atomic E-state index is 12.8. The van der Waals surface area contributed by atoms with Gasteiger partial charge in [0.25, 0.3) is 5.91 Å². The average Bonchev–Trinajstić information content (AvgIpc) is 2.84. The molecule has 1 aromatic carbocycles. The summed E-state index contributed by atoms with van der Waals surface area (Å²) in [6, 6.07) is 14.8. The van der Waals surface area contributed by atoms with E-state index in [-0.39, 0.29) is 18.2 Å². The Morgan fingerprint density at radius 2 is 2.06 bits per heavy atom. The van der Waals surface area contributed by atoms with Gasteiger partial charge in [-0.25, -0.2) is 4.98 Å². The molecule has 1 atom stereocenters. The first-order valence-corrected chi connectivity index (χ1v) is 10.6. The predicted octanol–water partition coefficient (Wildman–Crippen LogP) is 2.15. The molecular formula is C24H26N4O4. The summed E-state index contributed by atoms with van der Waals surface area (Å²) in [4.78, 5) is 36.4. The second-order valence-corrected chi connectivity index (χ2v) is 7.56. The van der Waals surface area contributed by atoms with Gasteiger partial charge in [0.15, 0.2) is 0 Å². The second-order valence-electron chi connectivity index (χ2n) is 7.56. The molecule has 8 nitrogen and oxygen atoms in total. The third-order valence-corrected chi connectivity index (χ3v) is 5.38. The molecule has 32 heavy (non-hydrogen) atoms. The van der Waals surface area contributed by atoms with Crippen LogP contribution in [0.1, 0.15) is 27.8 Å². The van der Waals surface area contributed by atoms with Gasteiger partial charge in [-0.2, -0.15) is 0 Å². The van der Waals surface area contributed by atoms with Crippen molar-refractivity contribution in [1.29, 1.82) is 0 Å². The number of para-hydroxylation sites is 1. The number of fused-ring (bicyclic) bond motifs is 1. The normalized spacial score (nSPS) is 16.2. The van der Waals surface area contributed by atoms with Crippen LogP contribution < -0.4 is 5.32 Å². The fourth-order valence-electron chi connectivity index (χ4n) is 3.73. The van der Waals surface area contributed by atoms with Gasteiger partial charge < -0.3 is 19.7 Å². The number of methoxy groups -OCH3 is 1. The maximum atomic E-state index is 12.8. The SMILES string of the molecule is COCCNC(=O)c1cc(C2CN(C(=O)Cc3ccccn3)CCO2)nc2ccccc12. The lowest BCUT2D eigenvalue weighted by Crippen LogP contribution is -2.43. The number of amides is 2. The first-order valence-electron chi connectivity index (χ1n) is 10.6. The lowest BCUT2D eigenvalue weighted by Gasteiger charge is -2.33. The number of aromatic nitrogens is 2. The highest BCUT2D eigenvalue weighted by Crippen LogP contribution is 2.26. The van der Waals surface area contributed by atoms with Gasteiger partial charge in [0.05, 0.1) is 43.0 Å². The molecule has 4 rings (SSSR count). The quantitative estimate of drug-likeness (QED) is 0.573. The summed E-state index contributed by atoms with van der Waals surface area (Å²) in [7, 11) is 1.59. The summed E-state index contributed by atoms with van der Waals surface area (Å²) in [6.45, 7) is 2.14. The Morgan fingerprint density at radius 3 is 2.88 bits per heavy atom.